The summed E-state index contributed by atoms with van der Waals surface area (Å²) in [5, 5.41) is 0. The van der Waals surface area contributed by atoms with Crippen molar-refractivity contribution in [1.82, 2.24) is 0 Å². The van der Waals surface area contributed by atoms with E-state index in [4.69, 9.17) is 11.6 Å². The van der Waals surface area contributed by atoms with E-state index in [1.807, 2.05) is 24.3 Å². The average Bonchev–Trinajstić information content (AvgIpc) is 2.74. The van der Waals surface area contributed by atoms with Crippen LogP contribution in [0.2, 0.25) is 4.34 Å². The highest BCUT2D eigenvalue weighted by Gasteiger charge is 2.25. The maximum atomic E-state index is 12.5. The van der Waals surface area contributed by atoms with Gasteiger partial charge in [0.05, 0.1) is 9.21 Å². The van der Waals surface area contributed by atoms with E-state index in [2.05, 4.69) is 6.07 Å². The zero-order valence-corrected chi connectivity index (χ0v) is 11.4. The van der Waals surface area contributed by atoms with Gasteiger partial charge in [0.2, 0.25) is 5.78 Å². The molecule has 2 aromatic rings. The Bertz CT molecular complexity index is 584. The first kappa shape index (κ1) is 11.9. The van der Waals surface area contributed by atoms with Crippen LogP contribution in [-0.4, -0.2) is 5.78 Å². The summed E-state index contributed by atoms with van der Waals surface area (Å²) in [6.07, 6.45) is 3.68. The first-order valence-corrected chi connectivity index (χ1v) is 7.34. The van der Waals surface area contributed by atoms with Crippen molar-refractivity contribution in [2.75, 3.05) is 0 Å². The molecule has 0 N–H and O–H groups in total. The van der Waals surface area contributed by atoms with E-state index in [1.54, 1.807) is 6.07 Å². The van der Waals surface area contributed by atoms with Crippen molar-refractivity contribution in [3.05, 3.63) is 56.7 Å². The number of halogens is 1. The van der Waals surface area contributed by atoms with Crippen LogP contribution < -0.4 is 0 Å². The molecule has 1 aliphatic carbocycles. The van der Waals surface area contributed by atoms with Gasteiger partial charge in [-0.05, 0) is 36.5 Å². The van der Waals surface area contributed by atoms with Gasteiger partial charge in [0.25, 0.3) is 0 Å². The summed E-state index contributed by atoms with van der Waals surface area (Å²) in [5.41, 5.74) is 2.05. The van der Waals surface area contributed by atoms with Crippen LogP contribution in [-0.2, 0) is 0 Å². The highest BCUT2D eigenvalue weighted by molar-refractivity contribution is 7.18. The van der Waals surface area contributed by atoms with E-state index < -0.39 is 0 Å². The number of ketones is 1. The number of thiophene rings is 1. The second kappa shape index (κ2) is 4.87. The maximum Gasteiger partial charge on any atom is 0.203 e. The molecule has 1 aromatic heterocycles. The first-order valence-electron chi connectivity index (χ1n) is 6.14. The molecule has 0 bridgehead atoms. The Kier molecular flexibility index (Phi) is 3.23. The lowest BCUT2D eigenvalue weighted by Gasteiger charge is -2.27. The minimum absolute atomic E-state index is 0.106. The fraction of sp³-hybridized carbons (Fsp3) is 0.267. The molecule has 3 rings (SSSR count). The van der Waals surface area contributed by atoms with Gasteiger partial charge in [-0.1, -0.05) is 42.3 Å². The lowest BCUT2D eigenvalue weighted by molar-refractivity contribution is 0.104. The topological polar surface area (TPSA) is 17.1 Å². The molecular formula is C15H13ClOS. The summed E-state index contributed by atoms with van der Waals surface area (Å²) in [6.45, 7) is 0. The van der Waals surface area contributed by atoms with Gasteiger partial charge in [0, 0.05) is 5.56 Å². The average molecular weight is 277 g/mol. The third-order valence-electron chi connectivity index (χ3n) is 3.55. The molecule has 0 atom stereocenters. The van der Waals surface area contributed by atoms with Crippen molar-refractivity contribution in [3.8, 4) is 0 Å². The molecule has 1 fully saturated rings. The largest absolute Gasteiger partial charge is 0.288 e. The van der Waals surface area contributed by atoms with Gasteiger partial charge >= 0.3 is 0 Å². The Hall–Kier alpha value is -1.12. The predicted molar refractivity (Wildman–Crippen MR) is 75.8 cm³/mol. The van der Waals surface area contributed by atoms with E-state index in [1.165, 1.54) is 36.2 Å². The van der Waals surface area contributed by atoms with Crippen molar-refractivity contribution in [1.29, 1.82) is 0 Å². The van der Waals surface area contributed by atoms with Crippen LogP contribution in [0.5, 0.6) is 0 Å². The van der Waals surface area contributed by atoms with Gasteiger partial charge in [-0.3, -0.25) is 4.79 Å². The van der Waals surface area contributed by atoms with E-state index in [9.17, 15) is 4.79 Å². The molecule has 0 saturated heterocycles. The van der Waals surface area contributed by atoms with Crippen LogP contribution in [0.3, 0.4) is 0 Å². The van der Waals surface area contributed by atoms with Crippen molar-refractivity contribution in [2.45, 2.75) is 25.2 Å². The number of benzene rings is 1. The van der Waals surface area contributed by atoms with E-state index >= 15 is 0 Å². The number of carbonyl (C=O) groups is 1. The normalized spacial score (nSPS) is 15.4. The molecule has 0 unspecified atom stereocenters. The molecule has 1 saturated carbocycles. The lowest BCUT2D eigenvalue weighted by atomic mass is 9.77. The summed E-state index contributed by atoms with van der Waals surface area (Å²) in [7, 11) is 0. The Labute approximate surface area is 115 Å². The Morgan fingerprint density at radius 2 is 1.94 bits per heavy atom. The number of hydrogen-bond donors (Lipinski definition) is 0. The highest BCUT2D eigenvalue weighted by Crippen LogP contribution is 2.38. The molecule has 92 valence electrons. The maximum absolute atomic E-state index is 12.5. The Morgan fingerprint density at radius 1 is 1.17 bits per heavy atom. The highest BCUT2D eigenvalue weighted by atomic mass is 35.5. The minimum atomic E-state index is 0.106. The van der Waals surface area contributed by atoms with Gasteiger partial charge in [0.15, 0.2) is 0 Å². The van der Waals surface area contributed by atoms with Crippen molar-refractivity contribution in [2.24, 2.45) is 0 Å². The number of hydrogen-bond acceptors (Lipinski definition) is 2. The van der Waals surface area contributed by atoms with Crippen molar-refractivity contribution < 1.29 is 4.79 Å². The molecule has 0 radical (unpaired) electrons. The second-order valence-corrected chi connectivity index (χ2v) is 6.36. The standard InChI is InChI=1S/C15H13ClOS/c16-14-9-8-13(18-14)15(17)12-7-2-1-6-11(12)10-4-3-5-10/h1-2,6-10H,3-5H2. The molecule has 1 nitrogen and oxygen atoms in total. The quantitative estimate of drug-likeness (QED) is 0.729. The third-order valence-corrected chi connectivity index (χ3v) is 4.78. The van der Waals surface area contributed by atoms with Gasteiger partial charge < -0.3 is 0 Å². The van der Waals surface area contributed by atoms with Gasteiger partial charge in [-0.2, -0.15) is 0 Å². The lowest BCUT2D eigenvalue weighted by Crippen LogP contribution is -2.13. The fourth-order valence-electron chi connectivity index (χ4n) is 2.35. The zero-order valence-electron chi connectivity index (χ0n) is 9.86. The van der Waals surface area contributed by atoms with Crippen LogP contribution in [0.1, 0.15) is 46.0 Å². The summed E-state index contributed by atoms with van der Waals surface area (Å²) in [4.78, 5) is 13.2. The van der Waals surface area contributed by atoms with Crippen molar-refractivity contribution >= 4 is 28.7 Å². The first-order chi connectivity index (χ1) is 8.75. The van der Waals surface area contributed by atoms with E-state index in [0.717, 1.165) is 10.4 Å². The Balaban J connectivity index is 1.98. The smallest absolute Gasteiger partial charge is 0.203 e. The van der Waals surface area contributed by atoms with Gasteiger partial charge in [-0.25, -0.2) is 0 Å². The summed E-state index contributed by atoms with van der Waals surface area (Å²) >= 11 is 7.25. The van der Waals surface area contributed by atoms with Gasteiger partial charge in [0.1, 0.15) is 0 Å². The van der Waals surface area contributed by atoms with Gasteiger partial charge in [-0.15, -0.1) is 11.3 Å². The van der Waals surface area contributed by atoms with Crippen LogP contribution in [0, 0.1) is 0 Å². The molecule has 0 spiro atoms. The minimum Gasteiger partial charge on any atom is -0.288 e. The summed E-state index contributed by atoms with van der Waals surface area (Å²) in [6, 6.07) is 11.6. The molecule has 1 aliphatic rings. The molecular weight excluding hydrogens is 264 g/mol. The van der Waals surface area contributed by atoms with Crippen molar-refractivity contribution in [3.63, 3.8) is 0 Å². The second-order valence-electron chi connectivity index (χ2n) is 4.65. The SMILES string of the molecule is O=C(c1ccc(Cl)s1)c1ccccc1C1CCC1. The molecule has 1 aromatic carbocycles. The summed E-state index contributed by atoms with van der Waals surface area (Å²) < 4.78 is 0.666. The van der Waals surface area contributed by atoms with Crippen LogP contribution in [0.4, 0.5) is 0 Å². The predicted octanol–water partition coefficient (Wildman–Crippen LogP) is 4.90. The van der Waals surface area contributed by atoms with Crippen LogP contribution >= 0.6 is 22.9 Å². The fourth-order valence-corrected chi connectivity index (χ4v) is 3.35. The molecule has 3 heteroatoms. The molecule has 18 heavy (non-hydrogen) atoms. The number of rotatable bonds is 3. The summed E-state index contributed by atoms with van der Waals surface area (Å²) in [5.74, 6) is 0.676. The van der Waals surface area contributed by atoms with E-state index in [-0.39, 0.29) is 5.78 Å². The zero-order chi connectivity index (χ0) is 12.5. The van der Waals surface area contributed by atoms with Crippen LogP contribution in [0.25, 0.3) is 0 Å². The molecule has 1 heterocycles. The number of carbonyl (C=O) groups excluding carboxylic acids is 1. The third kappa shape index (κ3) is 2.11. The Morgan fingerprint density at radius 3 is 2.56 bits per heavy atom. The van der Waals surface area contributed by atoms with E-state index in [0.29, 0.717) is 10.3 Å². The monoisotopic (exact) mass is 276 g/mol. The molecule has 0 aliphatic heterocycles. The molecule has 0 amide bonds. The van der Waals surface area contributed by atoms with Crippen LogP contribution in [0.15, 0.2) is 36.4 Å².